The Morgan fingerprint density at radius 1 is 1.29 bits per heavy atom. The maximum absolute atomic E-state index is 5.67. The number of hydrogen-bond acceptors (Lipinski definition) is 2. The van der Waals surface area contributed by atoms with Crippen LogP contribution in [-0.4, -0.2) is 50.3 Å². The first-order valence-electron chi connectivity index (χ1n) is 8.67. The van der Waals surface area contributed by atoms with Crippen LogP contribution in [0.2, 0.25) is 0 Å². The number of aliphatic imine (C=N–C) groups is 1. The van der Waals surface area contributed by atoms with Gasteiger partial charge in [0.05, 0.1) is 6.10 Å². The van der Waals surface area contributed by atoms with E-state index in [1.54, 1.807) is 0 Å². The molecule has 2 aliphatic heterocycles. The van der Waals surface area contributed by atoms with Gasteiger partial charge in [0.1, 0.15) is 0 Å². The minimum absolute atomic E-state index is 0. The first-order chi connectivity index (χ1) is 11.3. The lowest BCUT2D eigenvalue weighted by Gasteiger charge is -2.32. The van der Waals surface area contributed by atoms with Gasteiger partial charge in [0.2, 0.25) is 0 Å². The quantitative estimate of drug-likeness (QED) is 0.443. The molecule has 0 amide bonds. The lowest BCUT2D eigenvalue weighted by atomic mass is 10.0. The monoisotopic (exact) mass is 441 g/mol. The van der Waals surface area contributed by atoms with Crippen molar-refractivity contribution < 1.29 is 4.74 Å². The van der Waals surface area contributed by atoms with E-state index in [1.165, 1.54) is 17.6 Å². The van der Waals surface area contributed by atoms with E-state index in [-0.39, 0.29) is 24.0 Å². The van der Waals surface area contributed by atoms with Crippen molar-refractivity contribution >= 4 is 36.0 Å². The van der Waals surface area contributed by atoms with Crippen molar-refractivity contribution in [2.24, 2.45) is 4.99 Å². The van der Waals surface area contributed by atoms with E-state index in [9.17, 15) is 0 Å². The molecule has 5 heteroatoms. The van der Waals surface area contributed by atoms with Crippen LogP contribution >= 0.6 is 24.0 Å². The van der Waals surface area contributed by atoms with E-state index in [0.717, 1.165) is 51.5 Å². The van der Waals surface area contributed by atoms with Gasteiger partial charge in [-0.2, -0.15) is 0 Å². The van der Waals surface area contributed by atoms with E-state index in [0.29, 0.717) is 6.10 Å². The van der Waals surface area contributed by atoms with Crippen LogP contribution in [0.1, 0.15) is 31.2 Å². The number of guanidine groups is 1. The molecule has 2 fully saturated rings. The Morgan fingerprint density at radius 2 is 2.04 bits per heavy atom. The number of nitrogens with one attached hydrogen (secondary N) is 1. The number of hydrogen-bond donors (Lipinski definition) is 1. The zero-order valence-corrected chi connectivity index (χ0v) is 16.7. The fourth-order valence-electron chi connectivity index (χ4n) is 3.28. The SMILES string of the molecule is CN=C(NCC1CCCO1)N1CCC(=Cc2ccccc2)CC1.I. The van der Waals surface area contributed by atoms with Crippen molar-refractivity contribution in [2.75, 3.05) is 33.3 Å². The average molecular weight is 441 g/mol. The van der Waals surface area contributed by atoms with Crippen molar-refractivity contribution in [3.8, 4) is 0 Å². The summed E-state index contributed by atoms with van der Waals surface area (Å²) in [6.45, 7) is 3.84. The zero-order valence-electron chi connectivity index (χ0n) is 14.4. The van der Waals surface area contributed by atoms with Gasteiger partial charge < -0.3 is 15.0 Å². The highest BCUT2D eigenvalue weighted by Crippen LogP contribution is 2.19. The first kappa shape index (κ1) is 19.2. The molecule has 24 heavy (non-hydrogen) atoms. The number of piperidine rings is 1. The first-order valence-corrected chi connectivity index (χ1v) is 8.67. The highest BCUT2D eigenvalue weighted by atomic mass is 127. The van der Waals surface area contributed by atoms with Gasteiger partial charge in [0.15, 0.2) is 5.96 Å². The Kier molecular flexibility index (Phi) is 8.05. The maximum atomic E-state index is 5.67. The second-order valence-corrected chi connectivity index (χ2v) is 6.26. The summed E-state index contributed by atoms with van der Waals surface area (Å²) in [5.41, 5.74) is 2.83. The smallest absolute Gasteiger partial charge is 0.193 e. The zero-order chi connectivity index (χ0) is 15.9. The molecule has 2 aliphatic rings. The summed E-state index contributed by atoms with van der Waals surface area (Å²) in [6.07, 6.45) is 7.24. The standard InChI is InChI=1S/C19H27N3O.HI/c1-20-19(21-15-18-8-5-13-23-18)22-11-9-17(10-12-22)14-16-6-3-2-4-7-16;/h2-4,6-7,14,18H,5,8-13,15H2,1H3,(H,20,21);1H. The van der Waals surface area contributed by atoms with E-state index in [1.807, 2.05) is 7.05 Å². The normalized spacial score (nSPS) is 21.4. The van der Waals surface area contributed by atoms with Crippen LogP contribution in [0.15, 0.2) is 40.9 Å². The number of ether oxygens (including phenoxy) is 1. The summed E-state index contributed by atoms with van der Waals surface area (Å²) < 4.78 is 5.67. The molecule has 0 saturated carbocycles. The van der Waals surface area contributed by atoms with Crippen LogP contribution in [-0.2, 0) is 4.74 Å². The Bertz CT molecular complexity index is 543. The van der Waals surface area contributed by atoms with Gasteiger partial charge in [-0.3, -0.25) is 4.99 Å². The van der Waals surface area contributed by atoms with Crippen molar-refractivity contribution in [1.29, 1.82) is 0 Å². The Morgan fingerprint density at radius 3 is 2.67 bits per heavy atom. The predicted molar refractivity (Wildman–Crippen MR) is 111 cm³/mol. The highest BCUT2D eigenvalue weighted by Gasteiger charge is 2.20. The van der Waals surface area contributed by atoms with Crippen LogP contribution < -0.4 is 5.32 Å². The van der Waals surface area contributed by atoms with E-state index in [2.05, 4.69) is 51.6 Å². The molecular weight excluding hydrogens is 413 g/mol. The number of benzene rings is 1. The Balaban J connectivity index is 0.00000208. The molecule has 4 nitrogen and oxygen atoms in total. The molecular formula is C19H28IN3O. The largest absolute Gasteiger partial charge is 0.376 e. The van der Waals surface area contributed by atoms with Crippen molar-refractivity contribution in [2.45, 2.75) is 31.8 Å². The molecule has 0 bridgehead atoms. The summed E-state index contributed by atoms with van der Waals surface area (Å²) in [6, 6.07) is 10.6. The molecule has 1 aromatic rings. The minimum Gasteiger partial charge on any atom is -0.376 e. The molecule has 0 spiro atoms. The van der Waals surface area contributed by atoms with Crippen LogP contribution in [0.5, 0.6) is 0 Å². The van der Waals surface area contributed by atoms with Gasteiger partial charge in [-0.15, -0.1) is 24.0 Å². The van der Waals surface area contributed by atoms with Gasteiger partial charge >= 0.3 is 0 Å². The van der Waals surface area contributed by atoms with E-state index in [4.69, 9.17) is 4.74 Å². The molecule has 0 aromatic heterocycles. The fourth-order valence-corrected chi connectivity index (χ4v) is 3.28. The van der Waals surface area contributed by atoms with Crippen molar-refractivity contribution in [3.63, 3.8) is 0 Å². The fraction of sp³-hybridized carbons (Fsp3) is 0.526. The second-order valence-electron chi connectivity index (χ2n) is 6.26. The maximum Gasteiger partial charge on any atom is 0.193 e. The van der Waals surface area contributed by atoms with Crippen molar-refractivity contribution in [1.82, 2.24) is 10.2 Å². The summed E-state index contributed by atoms with van der Waals surface area (Å²) in [7, 11) is 1.87. The number of nitrogens with zero attached hydrogens (tertiary/aromatic N) is 2. The third-order valence-corrected chi connectivity index (χ3v) is 4.60. The molecule has 3 rings (SSSR count). The molecule has 2 saturated heterocycles. The van der Waals surface area contributed by atoms with Gasteiger partial charge in [-0.1, -0.05) is 42.0 Å². The summed E-state index contributed by atoms with van der Waals surface area (Å²) in [4.78, 5) is 6.80. The average Bonchev–Trinajstić information content (AvgIpc) is 3.11. The molecule has 0 aliphatic carbocycles. The van der Waals surface area contributed by atoms with Crippen LogP contribution in [0.4, 0.5) is 0 Å². The van der Waals surface area contributed by atoms with Gasteiger partial charge in [-0.05, 0) is 31.2 Å². The number of rotatable bonds is 3. The Hall–Kier alpha value is -1.08. The van der Waals surface area contributed by atoms with Gasteiger partial charge in [0.25, 0.3) is 0 Å². The summed E-state index contributed by atoms with van der Waals surface area (Å²) >= 11 is 0. The van der Waals surface area contributed by atoms with E-state index < -0.39 is 0 Å². The molecule has 0 radical (unpaired) electrons. The van der Waals surface area contributed by atoms with Crippen molar-refractivity contribution in [3.05, 3.63) is 41.5 Å². The van der Waals surface area contributed by atoms with Gasteiger partial charge in [-0.25, -0.2) is 0 Å². The Labute approximate surface area is 162 Å². The van der Waals surface area contributed by atoms with Crippen LogP contribution in [0.3, 0.4) is 0 Å². The van der Waals surface area contributed by atoms with Crippen LogP contribution in [0, 0.1) is 0 Å². The topological polar surface area (TPSA) is 36.9 Å². The number of likely N-dealkylation sites (tertiary alicyclic amines) is 1. The van der Waals surface area contributed by atoms with Gasteiger partial charge in [0, 0.05) is 33.3 Å². The molecule has 2 heterocycles. The summed E-state index contributed by atoms with van der Waals surface area (Å²) in [5, 5.41) is 3.48. The second kappa shape index (κ2) is 10.0. The van der Waals surface area contributed by atoms with E-state index >= 15 is 0 Å². The predicted octanol–water partition coefficient (Wildman–Crippen LogP) is 3.54. The molecule has 132 valence electrons. The lowest BCUT2D eigenvalue weighted by molar-refractivity contribution is 0.113. The molecule has 1 unspecified atom stereocenters. The van der Waals surface area contributed by atoms with Crippen LogP contribution in [0.25, 0.3) is 6.08 Å². The third-order valence-electron chi connectivity index (χ3n) is 4.60. The molecule has 1 aromatic carbocycles. The minimum atomic E-state index is 0. The molecule has 1 N–H and O–H groups in total. The highest BCUT2D eigenvalue weighted by molar-refractivity contribution is 14.0. The lowest BCUT2D eigenvalue weighted by Crippen LogP contribution is -2.46. The third kappa shape index (κ3) is 5.48. The number of halogens is 1. The molecule has 1 atom stereocenters. The summed E-state index contributed by atoms with van der Waals surface area (Å²) in [5.74, 6) is 1.01.